The maximum atomic E-state index is 12.7. The molecule has 2 atom stereocenters. The molecule has 1 aromatic rings. The van der Waals surface area contributed by atoms with E-state index in [0.717, 1.165) is 24.2 Å². The van der Waals surface area contributed by atoms with Crippen LogP contribution in [0.5, 0.6) is 0 Å². The van der Waals surface area contributed by atoms with Crippen LogP contribution in [0, 0.1) is 10.1 Å². The average Bonchev–Trinajstić information content (AvgIpc) is 2.79. The number of benzene rings is 1. The van der Waals surface area contributed by atoms with Gasteiger partial charge in [0.2, 0.25) is 5.91 Å². The van der Waals surface area contributed by atoms with E-state index in [4.69, 9.17) is 0 Å². The molecule has 0 N–H and O–H groups in total. The summed E-state index contributed by atoms with van der Waals surface area (Å²) in [5.74, 6) is -1.75. The number of nitro benzene ring substituents is 1. The molecule has 0 aromatic heterocycles. The van der Waals surface area contributed by atoms with Crippen LogP contribution in [0.4, 0.5) is 5.69 Å². The molecule has 1 aromatic carbocycles. The van der Waals surface area contributed by atoms with E-state index >= 15 is 0 Å². The van der Waals surface area contributed by atoms with Crippen molar-refractivity contribution in [1.82, 2.24) is 9.80 Å². The summed E-state index contributed by atoms with van der Waals surface area (Å²) < 4.78 is 0. The van der Waals surface area contributed by atoms with Gasteiger partial charge in [-0.05, 0) is 39.2 Å². The van der Waals surface area contributed by atoms with Gasteiger partial charge in [-0.3, -0.25) is 29.4 Å². The Morgan fingerprint density at radius 1 is 1.20 bits per heavy atom. The highest BCUT2D eigenvalue weighted by Gasteiger charge is 2.43. The molecular weight excluding hydrogens is 326 g/mol. The van der Waals surface area contributed by atoms with Gasteiger partial charge >= 0.3 is 0 Å². The third kappa shape index (κ3) is 2.77. The molecular formula is C17H19N3O5. The van der Waals surface area contributed by atoms with Crippen molar-refractivity contribution in [2.24, 2.45) is 0 Å². The third-order valence-corrected chi connectivity index (χ3v) is 4.95. The van der Waals surface area contributed by atoms with E-state index in [1.54, 1.807) is 4.90 Å². The number of likely N-dealkylation sites (tertiary alicyclic amines) is 1. The van der Waals surface area contributed by atoms with Crippen molar-refractivity contribution >= 4 is 23.4 Å². The summed E-state index contributed by atoms with van der Waals surface area (Å²) in [7, 11) is 0. The van der Waals surface area contributed by atoms with Crippen molar-refractivity contribution in [2.75, 3.05) is 6.54 Å². The van der Waals surface area contributed by atoms with Crippen LogP contribution < -0.4 is 0 Å². The van der Waals surface area contributed by atoms with Crippen molar-refractivity contribution in [3.8, 4) is 0 Å². The van der Waals surface area contributed by atoms with E-state index in [0.29, 0.717) is 0 Å². The predicted octanol–water partition coefficient (Wildman–Crippen LogP) is 1.98. The molecule has 1 fully saturated rings. The zero-order valence-corrected chi connectivity index (χ0v) is 14.1. The fraction of sp³-hybridized carbons (Fsp3) is 0.471. The smallest absolute Gasteiger partial charge is 0.282 e. The Labute approximate surface area is 144 Å². The first-order valence-corrected chi connectivity index (χ1v) is 8.27. The van der Waals surface area contributed by atoms with Crippen LogP contribution >= 0.6 is 0 Å². The molecule has 0 saturated carbocycles. The summed E-state index contributed by atoms with van der Waals surface area (Å²) in [4.78, 5) is 50.7. The van der Waals surface area contributed by atoms with E-state index in [1.165, 1.54) is 18.2 Å². The zero-order chi connectivity index (χ0) is 18.3. The second-order valence-corrected chi connectivity index (χ2v) is 6.58. The average molecular weight is 345 g/mol. The van der Waals surface area contributed by atoms with Crippen molar-refractivity contribution in [3.63, 3.8) is 0 Å². The Kier molecular flexibility index (Phi) is 4.28. The van der Waals surface area contributed by atoms with E-state index in [9.17, 15) is 24.5 Å². The molecule has 1 saturated heterocycles. The number of fused-ring (bicyclic) bond motifs is 1. The van der Waals surface area contributed by atoms with Gasteiger partial charge in [-0.15, -0.1) is 0 Å². The molecule has 0 bridgehead atoms. The molecule has 0 aliphatic carbocycles. The Balaban J connectivity index is 1.86. The molecule has 0 spiro atoms. The quantitative estimate of drug-likeness (QED) is 0.474. The fourth-order valence-electron chi connectivity index (χ4n) is 3.74. The minimum Gasteiger partial charge on any atom is -0.336 e. The first-order chi connectivity index (χ1) is 11.8. The Bertz CT molecular complexity index is 766. The normalized spacial score (nSPS) is 23.0. The van der Waals surface area contributed by atoms with E-state index in [1.807, 2.05) is 13.8 Å². The first-order valence-electron chi connectivity index (χ1n) is 8.27. The number of carbonyl (C=O) groups excluding carboxylic acids is 3. The van der Waals surface area contributed by atoms with Crippen LogP contribution in [0.25, 0.3) is 0 Å². The van der Waals surface area contributed by atoms with Gasteiger partial charge in [0.15, 0.2) is 0 Å². The molecule has 2 aliphatic rings. The van der Waals surface area contributed by atoms with Crippen LogP contribution in [-0.4, -0.2) is 51.1 Å². The minimum atomic E-state index is -0.780. The SMILES string of the molecule is C[C@H]1CCC[C@H](C)N1C(=O)CN1C(=O)c2cccc([N+](=O)[O-])c2C1=O. The van der Waals surface area contributed by atoms with Gasteiger partial charge in [0.25, 0.3) is 17.5 Å². The molecule has 8 heteroatoms. The zero-order valence-electron chi connectivity index (χ0n) is 14.1. The predicted molar refractivity (Wildman–Crippen MR) is 88.1 cm³/mol. The first kappa shape index (κ1) is 17.1. The molecule has 3 rings (SSSR count). The van der Waals surface area contributed by atoms with Crippen LogP contribution in [0.3, 0.4) is 0 Å². The van der Waals surface area contributed by atoms with Gasteiger partial charge in [-0.25, -0.2) is 0 Å². The van der Waals surface area contributed by atoms with Crippen molar-refractivity contribution in [3.05, 3.63) is 39.4 Å². The van der Waals surface area contributed by atoms with Gasteiger partial charge in [0, 0.05) is 18.2 Å². The standard InChI is InChI=1S/C17H19N3O5/c1-10-5-3-6-11(2)19(10)14(21)9-18-16(22)12-7-4-8-13(20(24)25)15(12)17(18)23/h4,7-8,10-11H,3,5-6,9H2,1-2H3/t10-,11-/m0/s1. The lowest BCUT2D eigenvalue weighted by Crippen LogP contribution is -2.51. The number of carbonyl (C=O) groups is 3. The van der Waals surface area contributed by atoms with Crippen LogP contribution in [0.15, 0.2) is 18.2 Å². The molecule has 132 valence electrons. The number of hydrogen-bond acceptors (Lipinski definition) is 5. The highest BCUT2D eigenvalue weighted by atomic mass is 16.6. The molecule has 0 unspecified atom stereocenters. The summed E-state index contributed by atoms with van der Waals surface area (Å²) in [6, 6.07) is 4.01. The summed E-state index contributed by atoms with van der Waals surface area (Å²) >= 11 is 0. The monoisotopic (exact) mass is 345 g/mol. The lowest BCUT2D eigenvalue weighted by atomic mass is 9.97. The lowest BCUT2D eigenvalue weighted by molar-refractivity contribution is -0.385. The maximum Gasteiger partial charge on any atom is 0.282 e. The van der Waals surface area contributed by atoms with Gasteiger partial charge in [-0.1, -0.05) is 6.07 Å². The van der Waals surface area contributed by atoms with Crippen LogP contribution in [-0.2, 0) is 4.79 Å². The molecule has 25 heavy (non-hydrogen) atoms. The van der Waals surface area contributed by atoms with Gasteiger partial charge < -0.3 is 4.90 Å². The third-order valence-electron chi connectivity index (χ3n) is 4.95. The number of nitro groups is 1. The number of nitrogens with zero attached hydrogens (tertiary/aromatic N) is 3. The number of piperidine rings is 1. The van der Waals surface area contributed by atoms with Crippen LogP contribution in [0.1, 0.15) is 53.8 Å². The summed E-state index contributed by atoms with van der Waals surface area (Å²) in [6.45, 7) is 3.50. The molecule has 3 amide bonds. The number of rotatable bonds is 3. The second-order valence-electron chi connectivity index (χ2n) is 6.58. The van der Waals surface area contributed by atoms with Gasteiger partial charge in [-0.2, -0.15) is 0 Å². The maximum absolute atomic E-state index is 12.7. The molecule has 2 aliphatic heterocycles. The second kappa shape index (κ2) is 6.27. The van der Waals surface area contributed by atoms with Crippen molar-refractivity contribution in [2.45, 2.75) is 45.2 Å². The Morgan fingerprint density at radius 3 is 2.44 bits per heavy atom. The minimum absolute atomic E-state index is 0.0215. The number of imide groups is 1. The highest BCUT2D eigenvalue weighted by Crippen LogP contribution is 2.31. The fourth-order valence-corrected chi connectivity index (χ4v) is 3.74. The molecule has 2 heterocycles. The van der Waals surface area contributed by atoms with Crippen molar-refractivity contribution < 1.29 is 19.3 Å². The molecule has 0 radical (unpaired) electrons. The topological polar surface area (TPSA) is 101 Å². The Morgan fingerprint density at radius 2 is 1.84 bits per heavy atom. The van der Waals surface area contributed by atoms with Crippen LogP contribution in [0.2, 0.25) is 0 Å². The van der Waals surface area contributed by atoms with Crippen molar-refractivity contribution in [1.29, 1.82) is 0 Å². The lowest BCUT2D eigenvalue weighted by Gasteiger charge is -2.39. The number of hydrogen-bond donors (Lipinski definition) is 0. The van der Waals surface area contributed by atoms with Gasteiger partial charge in [0.1, 0.15) is 12.1 Å². The summed E-state index contributed by atoms with van der Waals surface area (Å²) in [6.07, 6.45) is 2.79. The largest absolute Gasteiger partial charge is 0.336 e. The Hall–Kier alpha value is -2.77. The van der Waals surface area contributed by atoms with Gasteiger partial charge in [0.05, 0.1) is 10.5 Å². The molecule has 8 nitrogen and oxygen atoms in total. The summed E-state index contributed by atoms with van der Waals surface area (Å²) in [5, 5.41) is 11.1. The summed E-state index contributed by atoms with van der Waals surface area (Å²) in [5.41, 5.74) is -0.665. The number of amides is 3. The van der Waals surface area contributed by atoms with E-state index < -0.39 is 29.0 Å². The van der Waals surface area contributed by atoms with E-state index in [-0.39, 0.29) is 29.1 Å². The van der Waals surface area contributed by atoms with E-state index in [2.05, 4.69) is 0 Å². The highest BCUT2D eigenvalue weighted by molar-refractivity contribution is 6.24.